The van der Waals surface area contributed by atoms with E-state index in [4.69, 9.17) is 0 Å². The van der Waals surface area contributed by atoms with Crippen LogP contribution < -0.4 is 4.90 Å². The van der Waals surface area contributed by atoms with Crippen LogP contribution in [0.4, 0.5) is 5.69 Å². The van der Waals surface area contributed by atoms with Gasteiger partial charge in [-0.05, 0) is 35.4 Å². The molecule has 0 heterocycles. The summed E-state index contributed by atoms with van der Waals surface area (Å²) in [6.07, 6.45) is 4.07. The number of esters is 1. The van der Waals surface area contributed by atoms with Crippen LogP contribution >= 0.6 is 0 Å². The Hall–Kier alpha value is -2.55. The first kappa shape index (κ1) is 14.9. The van der Waals surface area contributed by atoms with Gasteiger partial charge in [0.2, 0.25) is 0 Å². The molecule has 0 fully saturated rings. The van der Waals surface area contributed by atoms with E-state index in [0.717, 1.165) is 11.1 Å². The molecule has 2 rings (SSSR count). The smallest absolute Gasteiger partial charge is 0.337 e. The minimum atomic E-state index is -0.315. The standard InChI is InChI=1S/C18H19NO2/c1-19(2)17-12-8-15(9-13-17)5-4-14-6-10-16(11-7-14)18(20)21-3/h4-13H,1-3H3/b5-4+. The molecule has 0 aromatic heterocycles. The van der Waals surface area contributed by atoms with Gasteiger partial charge in [0, 0.05) is 19.8 Å². The predicted octanol–water partition coefficient (Wildman–Crippen LogP) is 3.71. The summed E-state index contributed by atoms with van der Waals surface area (Å²) in [5, 5.41) is 0. The van der Waals surface area contributed by atoms with E-state index in [2.05, 4.69) is 33.9 Å². The van der Waals surface area contributed by atoms with Crippen LogP contribution in [0.15, 0.2) is 48.5 Å². The van der Waals surface area contributed by atoms with Crippen LogP contribution in [0.3, 0.4) is 0 Å². The van der Waals surface area contributed by atoms with Crippen molar-refractivity contribution in [1.29, 1.82) is 0 Å². The lowest BCUT2D eigenvalue weighted by atomic mass is 10.1. The number of anilines is 1. The minimum absolute atomic E-state index is 0.315. The van der Waals surface area contributed by atoms with Crippen LogP contribution in [0, 0.1) is 0 Å². The Kier molecular flexibility index (Phi) is 4.77. The van der Waals surface area contributed by atoms with E-state index >= 15 is 0 Å². The number of rotatable bonds is 4. The Bertz CT molecular complexity index is 625. The average Bonchev–Trinajstić information content (AvgIpc) is 2.53. The van der Waals surface area contributed by atoms with Crippen LogP contribution in [0.2, 0.25) is 0 Å². The van der Waals surface area contributed by atoms with E-state index in [1.165, 1.54) is 12.8 Å². The predicted molar refractivity (Wildman–Crippen MR) is 87.5 cm³/mol. The second-order valence-electron chi connectivity index (χ2n) is 4.93. The lowest BCUT2D eigenvalue weighted by Gasteiger charge is -2.11. The van der Waals surface area contributed by atoms with Gasteiger partial charge in [-0.1, -0.05) is 36.4 Å². The van der Waals surface area contributed by atoms with E-state index in [-0.39, 0.29) is 5.97 Å². The first-order valence-corrected chi connectivity index (χ1v) is 6.74. The highest BCUT2D eigenvalue weighted by atomic mass is 16.5. The molecule has 0 N–H and O–H groups in total. The number of benzene rings is 2. The first-order valence-electron chi connectivity index (χ1n) is 6.74. The molecule has 0 aliphatic heterocycles. The molecular formula is C18H19NO2. The third-order valence-electron chi connectivity index (χ3n) is 3.21. The molecule has 0 amide bonds. The number of hydrogen-bond donors (Lipinski definition) is 0. The Balaban J connectivity index is 2.08. The maximum Gasteiger partial charge on any atom is 0.337 e. The third-order valence-corrected chi connectivity index (χ3v) is 3.21. The second kappa shape index (κ2) is 6.75. The molecule has 2 aromatic carbocycles. The zero-order valence-electron chi connectivity index (χ0n) is 12.5. The van der Waals surface area contributed by atoms with Gasteiger partial charge in [-0.2, -0.15) is 0 Å². The van der Waals surface area contributed by atoms with Crippen molar-refractivity contribution in [3.8, 4) is 0 Å². The molecule has 2 aromatic rings. The van der Waals surface area contributed by atoms with Gasteiger partial charge in [-0.25, -0.2) is 4.79 Å². The largest absolute Gasteiger partial charge is 0.465 e. The highest BCUT2D eigenvalue weighted by Crippen LogP contribution is 2.15. The number of hydrogen-bond acceptors (Lipinski definition) is 3. The van der Waals surface area contributed by atoms with Crippen molar-refractivity contribution in [2.24, 2.45) is 0 Å². The van der Waals surface area contributed by atoms with Crippen LogP contribution in [-0.2, 0) is 4.74 Å². The highest BCUT2D eigenvalue weighted by molar-refractivity contribution is 5.89. The lowest BCUT2D eigenvalue weighted by Crippen LogP contribution is -2.07. The van der Waals surface area contributed by atoms with Gasteiger partial charge in [0.15, 0.2) is 0 Å². The number of carbonyl (C=O) groups is 1. The summed E-state index contributed by atoms with van der Waals surface area (Å²) in [6.45, 7) is 0. The molecule has 0 saturated carbocycles. The van der Waals surface area contributed by atoms with E-state index in [9.17, 15) is 4.79 Å². The Labute approximate surface area is 125 Å². The number of carbonyl (C=O) groups excluding carboxylic acids is 1. The van der Waals surface area contributed by atoms with Crippen molar-refractivity contribution in [2.75, 3.05) is 26.1 Å². The highest BCUT2D eigenvalue weighted by Gasteiger charge is 2.03. The molecule has 0 aliphatic carbocycles. The van der Waals surface area contributed by atoms with Crippen molar-refractivity contribution in [1.82, 2.24) is 0 Å². The van der Waals surface area contributed by atoms with Crippen molar-refractivity contribution >= 4 is 23.8 Å². The molecule has 0 unspecified atom stereocenters. The zero-order valence-corrected chi connectivity index (χ0v) is 12.5. The molecule has 108 valence electrons. The molecule has 3 heteroatoms. The Morgan fingerprint density at radius 2 is 1.38 bits per heavy atom. The summed E-state index contributed by atoms with van der Waals surface area (Å²) >= 11 is 0. The summed E-state index contributed by atoms with van der Waals surface area (Å²) < 4.78 is 4.67. The fourth-order valence-electron chi connectivity index (χ4n) is 1.92. The normalized spacial score (nSPS) is 10.6. The zero-order chi connectivity index (χ0) is 15.2. The molecular weight excluding hydrogens is 262 g/mol. The molecule has 3 nitrogen and oxygen atoms in total. The van der Waals surface area contributed by atoms with E-state index < -0.39 is 0 Å². The molecule has 21 heavy (non-hydrogen) atoms. The van der Waals surface area contributed by atoms with Crippen molar-refractivity contribution in [3.63, 3.8) is 0 Å². The second-order valence-corrected chi connectivity index (χ2v) is 4.93. The molecule has 0 atom stereocenters. The number of methoxy groups -OCH3 is 1. The molecule has 0 radical (unpaired) electrons. The van der Waals surface area contributed by atoms with Crippen molar-refractivity contribution < 1.29 is 9.53 Å². The van der Waals surface area contributed by atoms with Gasteiger partial charge in [-0.3, -0.25) is 0 Å². The van der Waals surface area contributed by atoms with E-state index in [0.29, 0.717) is 5.56 Å². The number of nitrogens with zero attached hydrogens (tertiary/aromatic N) is 1. The van der Waals surface area contributed by atoms with Gasteiger partial charge in [0.05, 0.1) is 12.7 Å². The quantitative estimate of drug-likeness (QED) is 0.632. The van der Waals surface area contributed by atoms with Gasteiger partial charge in [0.1, 0.15) is 0 Å². The SMILES string of the molecule is COC(=O)c1ccc(/C=C/c2ccc(N(C)C)cc2)cc1. The van der Waals surface area contributed by atoms with Gasteiger partial charge >= 0.3 is 5.97 Å². The summed E-state index contributed by atoms with van der Waals surface area (Å²) in [7, 11) is 5.43. The van der Waals surface area contributed by atoms with Crippen LogP contribution in [0.5, 0.6) is 0 Å². The molecule has 0 saturated heterocycles. The maximum absolute atomic E-state index is 11.3. The maximum atomic E-state index is 11.3. The lowest BCUT2D eigenvalue weighted by molar-refractivity contribution is 0.0601. The van der Waals surface area contributed by atoms with Crippen LogP contribution in [-0.4, -0.2) is 27.2 Å². The Morgan fingerprint density at radius 3 is 1.81 bits per heavy atom. The van der Waals surface area contributed by atoms with Crippen molar-refractivity contribution in [2.45, 2.75) is 0 Å². The summed E-state index contributed by atoms with van der Waals surface area (Å²) in [5.74, 6) is -0.315. The molecule has 0 aliphatic rings. The fourth-order valence-corrected chi connectivity index (χ4v) is 1.92. The Morgan fingerprint density at radius 1 is 0.905 bits per heavy atom. The minimum Gasteiger partial charge on any atom is -0.465 e. The van der Waals surface area contributed by atoms with E-state index in [1.807, 2.05) is 38.4 Å². The monoisotopic (exact) mass is 281 g/mol. The van der Waals surface area contributed by atoms with Crippen molar-refractivity contribution in [3.05, 3.63) is 65.2 Å². The fraction of sp³-hybridized carbons (Fsp3) is 0.167. The van der Waals surface area contributed by atoms with Crippen LogP contribution in [0.1, 0.15) is 21.5 Å². The molecule has 0 spiro atoms. The summed E-state index contributed by atoms with van der Waals surface area (Å²) in [5.41, 5.74) is 3.91. The summed E-state index contributed by atoms with van der Waals surface area (Å²) in [6, 6.07) is 15.7. The topological polar surface area (TPSA) is 29.5 Å². The first-order chi connectivity index (χ1) is 10.1. The van der Waals surface area contributed by atoms with E-state index in [1.54, 1.807) is 12.1 Å². The van der Waals surface area contributed by atoms with Gasteiger partial charge in [-0.15, -0.1) is 0 Å². The summed E-state index contributed by atoms with van der Waals surface area (Å²) in [4.78, 5) is 13.4. The number of ether oxygens (including phenoxy) is 1. The third kappa shape index (κ3) is 3.96. The van der Waals surface area contributed by atoms with Gasteiger partial charge in [0.25, 0.3) is 0 Å². The molecule has 0 bridgehead atoms. The van der Waals surface area contributed by atoms with Gasteiger partial charge < -0.3 is 9.64 Å². The average molecular weight is 281 g/mol. The van der Waals surface area contributed by atoms with Crippen LogP contribution in [0.25, 0.3) is 12.2 Å².